The van der Waals surface area contributed by atoms with Gasteiger partial charge in [0.15, 0.2) is 5.96 Å². The van der Waals surface area contributed by atoms with E-state index in [2.05, 4.69) is 58.1 Å². The monoisotopic (exact) mass is 380 g/mol. The SMILES string of the molecule is CCc1nncn1CCNC(=NC)NC(C)(C)C.I. The van der Waals surface area contributed by atoms with Crippen molar-refractivity contribution in [2.75, 3.05) is 13.6 Å². The Morgan fingerprint density at radius 2 is 2.11 bits per heavy atom. The smallest absolute Gasteiger partial charge is 0.191 e. The minimum absolute atomic E-state index is 0. The normalized spacial score (nSPS) is 11.9. The van der Waals surface area contributed by atoms with Crippen LogP contribution in [0.4, 0.5) is 0 Å². The maximum atomic E-state index is 4.19. The van der Waals surface area contributed by atoms with Gasteiger partial charge in [-0.25, -0.2) is 0 Å². The van der Waals surface area contributed by atoms with E-state index in [-0.39, 0.29) is 29.5 Å². The second-order valence-corrected chi connectivity index (χ2v) is 5.17. The van der Waals surface area contributed by atoms with E-state index in [4.69, 9.17) is 0 Å². The number of nitrogens with zero attached hydrogens (tertiary/aromatic N) is 4. The van der Waals surface area contributed by atoms with Crippen molar-refractivity contribution in [2.24, 2.45) is 4.99 Å². The molecule has 0 saturated heterocycles. The second-order valence-electron chi connectivity index (χ2n) is 5.17. The average Bonchev–Trinajstić information content (AvgIpc) is 2.73. The maximum Gasteiger partial charge on any atom is 0.191 e. The van der Waals surface area contributed by atoms with Crippen LogP contribution in [0.3, 0.4) is 0 Å². The van der Waals surface area contributed by atoms with Gasteiger partial charge >= 0.3 is 0 Å². The van der Waals surface area contributed by atoms with Crippen molar-refractivity contribution in [2.45, 2.75) is 46.2 Å². The molecule has 0 aliphatic rings. The van der Waals surface area contributed by atoms with Gasteiger partial charge in [0.25, 0.3) is 0 Å². The Bertz CT molecular complexity index is 393. The van der Waals surface area contributed by atoms with Gasteiger partial charge in [-0.15, -0.1) is 34.2 Å². The molecule has 2 N–H and O–H groups in total. The van der Waals surface area contributed by atoms with E-state index in [1.54, 1.807) is 13.4 Å². The highest BCUT2D eigenvalue weighted by atomic mass is 127. The molecule has 0 aromatic carbocycles. The molecule has 0 fully saturated rings. The molecular formula is C12H25IN6. The summed E-state index contributed by atoms with van der Waals surface area (Å²) in [4.78, 5) is 4.19. The van der Waals surface area contributed by atoms with E-state index in [0.717, 1.165) is 31.3 Å². The highest BCUT2D eigenvalue weighted by Gasteiger charge is 2.11. The molecule has 110 valence electrons. The summed E-state index contributed by atoms with van der Waals surface area (Å²) >= 11 is 0. The number of aromatic nitrogens is 3. The summed E-state index contributed by atoms with van der Waals surface area (Å²) in [6.07, 6.45) is 2.66. The molecule has 0 spiro atoms. The van der Waals surface area contributed by atoms with Gasteiger partial charge in [-0.2, -0.15) is 0 Å². The number of halogens is 1. The second kappa shape index (κ2) is 8.34. The zero-order valence-electron chi connectivity index (χ0n) is 12.4. The summed E-state index contributed by atoms with van der Waals surface area (Å²) in [5, 5.41) is 14.6. The minimum Gasteiger partial charge on any atom is -0.355 e. The molecule has 6 nitrogen and oxygen atoms in total. The summed E-state index contributed by atoms with van der Waals surface area (Å²) < 4.78 is 2.05. The molecule has 0 amide bonds. The fraction of sp³-hybridized carbons (Fsp3) is 0.750. The first-order valence-corrected chi connectivity index (χ1v) is 6.31. The van der Waals surface area contributed by atoms with Crippen LogP contribution in [0.2, 0.25) is 0 Å². The van der Waals surface area contributed by atoms with Crippen molar-refractivity contribution in [1.82, 2.24) is 25.4 Å². The van der Waals surface area contributed by atoms with E-state index in [1.807, 2.05) is 0 Å². The topological polar surface area (TPSA) is 67.1 Å². The van der Waals surface area contributed by atoms with Crippen LogP contribution in [-0.2, 0) is 13.0 Å². The maximum absolute atomic E-state index is 4.19. The van der Waals surface area contributed by atoms with Crippen LogP contribution in [0.15, 0.2) is 11.3 Å². The van der Waals surface area contributed by atoms with Crippen molar-refractivity contribution < 1.29 is 0 Å². The molecule has 1 heterocycles. The van der Waals surface area contributed by atoms with Crippen LogP contribution in [0.5, 0.6) is 0 Å². The van der Waals surface area contributed by atoms with Crippen LogP contribution < -0.4 is 10.6 Å². The van der Waals surface area contributed by atoms with E-state index >= 15 is 0 Å². The number of aliphatic imine (C=N–C) groups is 1. The summed E-state index contributed by atoms with van der Waals surface area (Å²) in [6.45, 7) is 10.0. The summed E-state index contributed by atoms with van der Waals surface area (Å²) in [5.74, 6) is 1.82. The number of guanidine groups is 1. The lowest BCUT2D eigenvalue weighted by Gasteiger charge is -2.23. The first-order valence-electron chi connectivity index (χ1n) is 6.31. The van der Waals surface area contributed by atoms with Gasteiger partial charge in [-0.1, -0.05) is 6.92 Å². The van der Waals surface area contributed by atoms with Crippen molar-refractivity contribution >= 4 is 29.9 Å². The van der Waals surface area contributed by atoms with Gasteiger partial charge in [0.05, 0.1) is 0 Å². The van der Waals surface area contributed by atoms with Crippen molar-refractivity contribution in [3.8, 4) is 0 Å². The summed E-state index contributed by atoms with van der Waals surface area (Å²) in [5.41, 5.74) is 0.00693. The Labute approximate surface area is 132 Å². The number of nitrogens with one attached hydrogen (secondary N) is 2. The number of hydrogen-bond acceptors (Lipinski definition) is 3. The lowest BCUT2D eigenvalue weighted by atomic mass is 10.1. The molecule has 0 saturated carbocycles. The fourth-order valence-corrected chi connectivity index (χ4v) is 1.57. The van der Waals surface area contributed by atoms with E-state index in [0.29, 0.717) is 0 Å². The molecule has 1 aromatic heterocycles. The van der Waals surface area contributed by atoms with E-state index in [1.165, 1.54) is 0 Å². The molecule has 1 rings (SSSR count). The molecule has 1 aromatic rings. The molecular weight excluding hydrogens is 355 g/mol. The minimum atomic E-state index is 0. The highest BCUT2D eigenvalue weighted by Crippen LogP contribution is 1.98. The van der Waals surface area contributed by atoms with Crippen LogP contribution in [0.25, 0.3) is 0 Å². The summed E-state index contributed by atoms with van der Waals surface area (Å²) in [7, 11) is 1.78. The van der Waals surface area contributed by atoms with E-state index < -0.39 is 0 Å². The van der Waals surface area contributed by atoms with Crippen LogP contribution in [0, 0.1) is 0 Å². The lowest BCUT2D eigenvalue weighted by Crippen LogP contribution is -2.48. The van der Waals surface area contributed by atoms with Gasteiger partial charge in [0.2, 0.25) is 0 Å². The molecule has 0 unspecified atom stereocenters. The Hall–Kier alpha value is -0.860. The third kappa shape index (κ3) is 6.74. The van der Waals surface area contributed by atoms with Crippen molar-refractivity contribution in [3.05, 3.63) is 12.2 Å². The third-order valence-electron chi connectivity index (χ3n) is 2.37. The molecule has 7 heteroatoms. The van der Waals surface area contributed by atoms with Gasteiger partial charge in [-0.05, 0) is 20.8 Å². The Balaban J connectivity index is 0.00000324. The van der Waals surface area contributed by atoms with Crippen LogP contribution >= 0.6 is 24.0 Å². The molecule has 0 bridgehead atoms. The van der Waals surface area contributed by atoms with Crippen molar-refractivity contribution in [1.29, 1.82) is 0 Å². The Morgan fingerprint density at radius 1 is 1.42 bits per heavy atom. The highest BCUT2D eigenvalue weighted by molar-refractivity contribution is 14.0. The molecule has 19 heavy (non-hydrogen) atoms. The first-order chi connectivity index (χ1) is 8.46. The van der Waals surface area contributed by atoms with Crippen molar-refractivity contribution in [3.63, 3.8) is 0 Å². The van der Waals surface area contributed by atoms with Gasteiger partial charge < -0.3 is 15.2 Å². The van der Waals surface area contributed by atoms with Gasteiger partial charge in [0.1, 0.15) is 12.2 Å². The average molecular weight is 380 g/mol. The first kappa shape index (κ1) is 18.1. The molecule has 0 radical (unpaired) electrons. The fourth-order valence-electron chi connectivity index (χ4n) is 1.57. The molecule has 0 aliphatic carbocycles. The predicted molar refractivity (Wildman–Crippen MR) is 89.1 cm³/mol. The van der Waals surface area contributed by atoms with Crippen LogP contribution in [-0.4, -0.2) is 39.9 Å². The quantitative estimate of drug-likeness (QED) is 0.471. The third-order valence-corrected chi connectivity index (χ3v) is 2.37. The van der Waals surface area contributed by atoms with Gasteiger partial charge in [-0.3, -0.25) is 4.99 Å². The Morgan fingerprint density at radius 3 is 2.63 bits per heavy atom. The lowest BCUT2D eigenvalue weighted by molar-refractivity contribution is 0.499. The predicted octanol–water partition coefficient (Wildman–Crippen LogP) is 1.42. The zero-order chi connectivity index (χ0) is 13.6. The van der Waals surface area contributed by atoms with E-state index in [9.17, 15) is 0 Å². The van der Waals surface area contributed by atoms with Gasteiger partial charge in [0, 0.05) is 32.1 Å². The number of hydrogen-bond donors (Lipinski definition) is 2. The zero-order valence-corrected chi connectivity index (χ0v) is 14.7. The summed E-state index contributed by atoms with van der Waals surface area (Å²) in [6, 6.07) is 0. The number of aryl methyl sites for hydroxylation is 1. The Kier molecular flexibility index (Phi) is 7.96. The van der Waals surface area contributed by atoms with Crippen LogP contribution in [0.1, 0.15) is 33.5 Å². The standard InChI is InChI=1S/C12H24N6.HI/c1-6-10-17-15-9-18(10)8-7-14-11(13-5)16-12(2,3)4;/h9H,6-8H2,1-5H3,(H2,13,14,16);1H. The largest absolute Gasteiger partial charge is 0.355 e. The molecule has 0 aliphatic heterocycles. The molecule has 0 atom stereocenters. The number of rotatable bonds is 4.